The van der Waals surface area contributed by atoms with Crippen molar-refractivity contribution >= 4 is 29.0 Å². The second kappa shape index (κ2) is 8.58. The number of rotatable bonds is 6. The third kappa shape index (κ3) is 5.64. The van der Waals surface area contributed by atoms with Crippen LogP contribution in [-0.4, -0.2) is 24.0 Å². The van der Waals surface area contributed by atoms with E-state index < -0.39 is 11.7 Å². The van der Waals surface area contributed by atoms with Gasteiger partial charge in [-0.05, 0) is 37.1 Å². The van der Waals surface area contributed by atoms with E-state index in [1.54, 1.807) is 17.0 Å². The number of carbonyl (C=O) groups is 1. The summed E-state index contributed by atoms with van der Waals surface area (Å²) in [4.78, 5) is 14.8. The van der Waals surface area contributed by atoms with E-state index in [1.807, 2.05) is 13.0 Å². The average molecular weight is 391 g/mol. The number of amides is 2. The van der Waals surface area contributed by atoms with Crippen molar-refractivity contribution in [3.05, 3.63) is 56.7 Å². The lowest BCUT2D eigenvalue weighted by atomic mass is 10.0. The average Bonchev–Trinajstić information content (AvgIpc) is 2.97. The van der Waals surface area contributed by atoms with E-state index >= 15 is 0 Å². The Labute approximate surface area is 153 Å². The van der Waals surface area contributed by atoms with Crippen LogP contribution in [0, 0.1) is 0 Å². The van der Waals surface area contributed by atoms with E-state index in [1.165, 1.54) is 23.5 Å². The first-order valence-corrected chi connectivity index (χ1v) is 8.92. The number of thiophene rings is 1. The zero-order valence-electron chi connectivity index (χ0n) is 13.6. The minimum Gasteiger partial charge on any atom is -0.338 e. The fraction of sp³-hybridized carbons (Fsp3) is 0.353. The molecule has 0 atom stereocenters. The molecule has 0 aliphatic rings. The topological polar surface area (TPSA) is 32.3 Å². The number of urea groups is 1. The lowest BCUT2D eigenvalue weighted by Crippen LogP contribution is -2.40. The van der Waals surface area contributed by atoms with Gasteiger partial charge in [0.05, 0.1) is 16.4 Å². The summed E-state index contributed by atoms with van der Waals surface area (Å²) in [6.45, 7) is 2.88. The summed E-state index contributed by atoms with van der Waals surface area (Å²) in [5.74, 6) is 0. The first kappa shape index (κ1) is 19.6. The summed E-state index contributed by atoms with van der Waals surface area (Å²) in [5, 5.41) is 2.68. The predicted octanol–water partition coefficient (Wildman–Crippen LogP) is 5.19. The minimum absolute atomic E-state index is 0.115. The van der Waals surface area contributed by atoms with Crippen LogP contribution < -0.4 is 5.32 Å². The Morgan fingerprint density at radius 3 is 2.56 bits per heavy atom. The molecule has 0 radical (unpaired) electrons. The fourth-order valence-corrected chi connectivity index (χ4v) is 3.49. The number of nitrogens with zero attached hydrogens (tertiary/aromatic N) is 1. The molecule has 0 spiro atoms. The Morgan fingerprint density at radius 2 is 1.96 bits per heavy atom. The molecule has 2 aromatic rings. The highest BCUT2D eigenvalue weighted by Crippen LogP contribution is 2.31. The van der Waals surface area contributed by atoms with Gasteiger partial charge >= 0.3 is 12.2 Å². The van der Waals surface area contributed by atoms with E-state index in [2.05, 4.69) is 5.32 Å². The lowest BCUT2D eigenvalue weighted by Gasteiger charge is -2.21. The molecule has 1 aromatic heterocycles. The number of carbonyl (C=O) groups excluding carboxylic acids is 1. The van der Waals surface area contributed by atoms with Gasteiger partial charge in [0, 0.05) is 18.0 Å². The molecule has 0 aliphatic heterocycles. The summed E-state index contributed by atoms with van der Waals surface area (Å²) in [7, 11) is 0. The Hall–Kier alpha value is -1.73. The van der Waals surface area contributed by atoms with Crippen LogP contribution in [0.2, 0.25) is 4.34 Å². The summed E-state index contributed by atoms with van der Waals surface area (Å²) in [6, 6.07) is 8.71. The third-order valence-electron chi connectivity index (χ3n) is 3.64. The van der Waals surface area contributed by atoms with Crippen molar-refractivity contribution in [1.82, 2.24) is 10.2 Å². The largest absolute Gasteiger partial charge is 0.416 e. The van der Waals surface area contributed by atoms with Gasteiger partial charge in [-0.2, -0.15) is 13.2 Å². The zero-order chi connectivity index (χ0) is 18.4. The van der Waals surface area contributed by atoms with Gasteiger partial charge in [-0.15, -0.1) is 11.3 Å². The lowest BCUT2D eigenvalue weighted by molar-refractivity contribution is -0.138. The number of hydrogen-bond donors (Lipinski definition) is 1. The van der Waals surface area contributed by atoms with Crippen LogP contribution in [0.5, 0.6) is 0 Å². The standard InChI is InChI=1S/C17H18ClF3N2OS/c1-2-23(11-13-7-8-15(18)25-13)16(24)22-10-9-12-5-3-4-6-14(12)17(19,20)21/h3-8H,2,9-11H2,1H3,(H,22,24). The van der Waals surface area contributed by atoms with Gasteiger partial charge in [-0.3, -0.25) is 0 Å². The molecule has 136 valence electrons. The SMILES string of the molecule is CCN(Cc1ccc(Cl)s1)C(=O)NCCc1ccccc1C(F)(F)F. The summed E-state index contributed by atoms with van der Waals surface area (Å²) >= 11 is 7.27. The molecule has 25 heavy (non-hydrogen) atoms. The van der Waals surface area contributed by atoms with Crippen molar-refractivity contribution in [2.45, 2.75) is 26.1 Å². The molecule has 2 rings (SSSR count). The van der Waals surface area contributed by atoms with Crippen LogP contribution >= 0.6 is 22.9 Å². The first-order chi connectivity index (χ1) is 11.8. The van der Waals surface area contributed by atoms with Crippen molar-refractivity contribution in [2.75, 3.05) is 13.1 Å². The summed E-state index contributed by atoms with van der Waals surface area (Å²) < 4.78 is 39.5. The van der Waals surface area contributed by atoms with Gasteiger partial charge in [-0.25, -0.2) is 4.79 Å². The third-order valence-corrected chi connectivity index (χ3v) is 4.85. The van der Waals surface area contributed by atoms with E-state index in [9.17, 15) is 18.0 Å². The van der Waals surface area contributed by atoms with Gasteiger partial charge in [-0.1, -0.05) is 29.8 Å². The van der Waals surface area contributed by atoms with Crippen molar-refractivity contribution in [3.63, 3.8) is 0 Å². The van der Waals surface area contributed by atoms with Gasteiger partial charge in [0.25, 0.3) is 0 Å². The number of nitrogens with one attached hydrogen (secondary N) is 1. The van der Waals surface area contributed by atoms with Crippen LogP contribution in [0.1, 0.15) is 22.9 Å². The number of hydrogen-bond acceptors (Lipinski definition) is 2. The molecule has 1 heterocycles. The normalized spacial score (nSPS) is 11.4. The van der Waals surface area contributed by atoms with Crippen molar-refractivity contribution < 1.29 is 18.0 Å². The summed E-state index contributed by atoms with van der Waals surface area (Å²) in [5.41, 5.74) is -0.492. The maximum absolute atomic E-state index is 13.0. The number of alkyl halides is 3. The Morgan fingerprint density at radius 1 is 1.24 bits per heavy atom. The quantitative estimate of drug-likeness (QED) is 0.722. The molecule has 8 heteroatoms. The Bertz CT molecular complexity index is 718. The molecule has 2 amide bonds. The highest BCUT2D eigenvalue weighted by molar-refractivity contribution is 7.16. The molecule has 0 saturated heterocycles. The summed E-state index contributed by atoms with van der Waals surface area (Å²) in [6.07, 6.45) is -4.28. The molecule has 3 nitrogen and oxygen atoms in total. The second-order valence-electron chi connectivity index (χ2n) is 5.36. The van der Waals surface area contributed by atoms with Crippen LogP contribution in [-0.2, 0) is 19.1 Å². The molecule has 0 unspecified atom stereocenters. The molecular formula is C17H18ClF3N2OS. The molecule has 0 saturated carbocycles. The zero-order valence-corrected chi connectivity index (χ0v) is 15.1. The van der Waals surface area contributed by atoms with Crippen LogP contribution in [0.3, 0.4) is 0 Å². The van der Waals surface area contributed by atoms with Gasteiger partial charge in [0.15, 0.2) is 0 Å². The minimum atomic E-state index is -4.39. The number of benzene rings is 1. The molecule has 0 fully saturated rings. The highest BCUT2D eigenvalue weighted by atomic mass is 35.5. The number of halogens is 4. The smallest absolute Gasteiger partial charge is 0.338 e. The Balaban J connectivity index is 1.91. The maximum Gasteiger partial charge on any atom is 0.416 e. The van der Waals surface area contributed by atoms with Gasteiger partial charge in [0.1, 0.15) is 0 Å². The van der Waals surface area contributed by atoms with Crippen molar-refractivity contribution in [1.29, 1.82) is 0 Å². The van der Waals surface area contributed by atoms with E-state index in [4.69, 9.17) is 11.6 Å². The van der Waals surface area contributed by atoms with E-state index in [0.29, 0.717) is 17.4 Å². The molecular weight excluding hydrogens is 373 g/mol. The second-order valence-corrected chi connectivity index (χ2v) is 7.16. The van der Waals surface area contributed by atoms with E-state index in [0.717, 1.165) is 10.9 Å². The monoisotopic (exact) mass is 390 g/mol. The Kier molecular flexibility index (Phi) is 6.72. The molecule has 0 bridgehead atoms. The van der Waals surface area contributed by atoms with Crippen LogP contribution in [0.15, 0.2) is 36.4 Å². The van der Waals surface area contributed by atoms with E-state index in [-0.39, 0.29) is 24.6 Å². The fourth-order valence-electron chi connectivity index (χ4n) is 2.38. The molecule has 1 aromatic carbocycles. The molecule has 1 N–H and O–H groups in total. The van der Waals surface area contributed by atoms with Crippen molar-refractivity contribution in [3.8, 4) is 0 Å². The predicted molar refractivity (Wildman–Crippen MR) is 94.0 cm³/mol. The van der Waals surface area contributed by atoms with Crippen molar-refractivity contribution in [2.24, 2.45) is 0 Å². The molecule has 0 aliphatic carbocycles. The maximum atomic E-state index is 13.0. The van der Waals surface area contributed by atoms with Gasteiger partial charge < -0.3 is 10.2 Å². The van der Waals surface area contributed by atoms with Crippen LogP contribution in [0.25, 0.3) is 0 Å². The first-order valence-electron chi connectivity index (χ1n) is 7.73. The van der Waals surface area contributed by atoms with Crippen LogP contribution in [0.4, 0.5) is 18.0 Å². The highest BCUT2D eigenvalue weighted by Gasteiger charge is 2.32. The van der Waals surface area contributed by atoms with Gasteiger partial charge in [0.2, 0.25) is 0 Å².